The molecular weight excluding hydrogens is 312 g/mol. The Kier molecular flexibility index (Phi) is 3.90. The summed E-state index contributed by atoms with van der Waals surface area (Å²) in [6, 6.07) is 1.97. The van der Waals surface area contributed by atoms with Crippen LogP contribution >= 0.6 is 11.3 Å². The number of hydrogen-bond acceptors (Lipinski definition) is 5. The third-order valence-corrected chi connectivity index (χ3v) is 5.12. The standard InChI is InChI=1S/C16H20N4O2S/c1-11-18-15(10-23-11)16(21)19-6-13-4-5-17-20(13)8-14(7-19)22-9-12-2-3-12/h4-5,10,12,14H,2-3,6-9H2,1H3/t14-/m1/s1. The van der Waals surface area contributed by atoms with Crippen molar-refractivity contribution in [1.29, 1.82) is 0 Å². The summed E-state index contributed by atoms with van der Waals surface area (Å²) < 4.78 is 8.02. The van der Waals surface area contributed by atoms with Crippen LogP contribution < -0.4 is 0 Å². The number of carbonyl (C=O) groups is 1. The molecule has 7 heteroatoms. The van der Waals surface area contributed by atoms with Gasteiger partial charge >= 0.3 is 0 Å². The van der Waals surface area contributed by atoms with Gasteiger partial charge in [-0.05, 0) is 31.7 Å². The van der Waals surface area contributed by atoms with Crippen molar-refractivity contribution in [1.82, 2.24) is 19.7 Å². The Bertz CT molecular complexity index is 707. The zero-order chi connectivity index (χ0) is 15.8. The van der Waals surface area contributed by atoms with Crippen LogP contribution in [0.4, 0.5) is 0 Å². The molecule has 0 unspecified atom stereocenters. The topological polar surface area (TPSA) is 60.2 Å². The van der Waals surface area contributed by atoms with Gasteiger partial charge in [0.1, 0.15) is 5.69 Å². The fourth-order valence-corrected chi connectivity index (χ4v) is 3.44. The highest BCUT2D eigenvalue weighted by Gasteiger charge is 2.29. The Morgan fingerprint density at radius 3 is 3.04 bits per heavy atom. The lowest BCUT2D eigenvalue weighted by Crippen LogP contribution is -2.37. The largest absolute Gasteiger partial charge is 0.374 e. The first-order chi connectivity index (χ1) is 11.2. The molecule has 1 atom stereocenters. The van der Waals surface area contributed by atoms with Crippen LogP contribution in [0.3, 0.4) is 0 Å². The Morgan fingerprint density at radius 1 is 1.43 bits per heavy atom. The number of carbonyl (C=O) groups excluding carboxylic acids is 1. The van der Waals surface area contributed by atoms with E-state index < -0.39 is 0 Å². The second kappa shape index (κ2) is 6.05. The van der Waals surface area contributed by atoms with E-state index in [1.54, 1.807) is 6.20 Å². The van der Waals surface area contributed by atoms with Gasteiger partial charge in [-0.15, -0.1) is 11.3 Å². The summed E-state index contributed by atoms with van der Waals surface area (Å²) in [6.45, 7) is 4.55. The molecular formula is C16H20N4O2S. The summed E-state index contributed by atoms with van der Waals surface area (Å²) >= 11 is 1.51. The molecule has 1 saturated carbocycles. The minimum absolute atomic E-state index is 0.0135. The lowest BCUT2D eigenvalue weighted by molar-refractivity contribution is 0.0135. The van der Waals surface area contributed by atoms with Gasteiger partial charge in [-0.2, -0.15) is 5.10 Å². The van der Waals surface area contributed by atoms with Crippen LogP contribution in [-0.2, 0) is 17.8 Å². The molecule has 23 heavy (non-hydrogen) atoms. The molecule has 6 nitrogen and oxygen atoms in total. The zero-order valence-electron chi connectivity index (χ0n) is 13.1. The molecule has 122 valence electrons. The normalized spacial score (nSPS) is 21.1. The third-order valence-electron chi connectivity index (χ3n) is 4.35. The lowest BCUT2D eigenvalue weighted by atomic mass is 10.3. The fourth-order valence-electron chi connectivity index (χ4n) is 2.86. The van der Waals surface area contributed by atoms with Crippen molar-refractivity contribution < 1.29 is 9.53 Å². The molecule has 2 aromatic rings. The van der Waals surface area contributed by atoms with Crippen molar-refractivity contribution in [2.24, 2.45) is 5.92 Å². The molecule has 0 radical (unpaired) electrons. The molecule has 3 heterocycles. The molecule has 2 aromatic heterocycles. The lowest BCUT2D eigenvalue weighted by Gasteiger charge is -2.23. The predicted octanol–water partition coefficient (Wildman–Crippen LogP) is 2.10. The van der Waals surface area contributed by atoms with Crippen LogP contribution in [0.25, 0.3) is 0 Å². The maximum absolute atomic E-state index is 12.8. The summed E-state index contributed by atoms with van der Waals surface area (Å²) in [5.41, 5.74) is 1.57. The molecule has 1 fully saturated rings. The molecule has 1 amide bonds. The fraction of sp³-hybridized carbons (Fsp3) is 0.562. The van der Waals surface area contributed by atoms with Gasteiger partial charge in [0.15, 0.2) is 0 Å². The molecule has 0 bridgehead atoms. The summed E-state index contributed by atoms with van der Waals surface area (Å²) in [7, 11) is 0. The van der Waals surface area contributed by atoms with E-state index in [1.807, 2.05) is 28.0 Å². The van der Waals surface area contributed by atoms with E-state index in [9.17, 15) is 4.79 Å². The Hall–Kier alpha value is -1.73. The van der Waals surface area contributed by atoms with E-state index in [2.05, 4.69) is 10.1 Å². The number of nitrogens with zero attached hydrogens (tertiary/aromatic N) is 4. The molecule has 0 saturated heterocycles. The van der Waals surface area contributed by atoms with Crippen LogP contribution in [0.5, 0.6) is 0 Å². The van der Waals surface area contributed by atoms with Crippen LogP contribution in [0.1, 0.15) is 34.0 Å². The van der Waals surface area contributed by atoms with Crippen LogP contribution in [0.2, 0.25) is 0 Å². The highest BCUT2D eigenvalue weighted by molar-refractivity contribution is 7.09. The van der Waals surface area contributed by atoms with Crippen LogP contribution in [0, 0.1) is 12.8 Å². The van der Waals surface area contributed by atoms with Gasteiger partial charge in [-0.3, -0.25) is 9.48 Å². The van der Waals surface area contributed by atoms with Crippen molar-refractivity contribution >= 4 is 17.2 Å². The van der Waals surface area contributed by atoms with E-state index in [1.165, 1.54) is 24.2 Å². The minimum Gasteiger partial charge on any atom is -0.374 e. The Labute approximate surface area is 139 Å². The predicted molar refractivity (Wildman–Crippen MR) is 86.3 cm³/mol. The third kappa shape index (κ3) is 3.30. The van der Waals surface area contributed by atoms with E-state index in [4.69, 9.17) is 4.74 Å². The molecule has 1 aliphatic heterocycles. The quantitative estimate of drug-likeness (QED) is 0.860. The Morgan fingerprint density at radius 2 is 2.30 bits per heavy atom. The zero-order valence-corrected chi connectivity index (χ0v) is 14.0. The number of fused-ring (bicyclic) bond motifs is 1. The molecule has 0 aromatic carbocycles. The van der Waals surface area contributed by atoms with E-state index in [0.717, 1.165) is 17.3 Å². The van der Waals surface area contributed by atoms with Crippen molar-refractivity contribution in [2.75, 3.05) is 13.2 Å². The maximum atomic E-state index is 12.8. The highest BCUT2D eigenvalue weighted by atomic mass is 32.1. The number of amides is 1. The van der Waals surface area contributed by atoms with E-state index in [0.29, 0.717) is 31.2 Å². The van der Waals surface area contributed by atoms with Crippen molar-refractivity contribution in [3.05, 3.63) is 34.0 Å². The molecule has 2 aliphatic rings. The van der Waals surface area contributed by atoms with Crippen LogP contribution in [-0.4, -0.2) is 44.8 Å². The number of aryl methyl sites for hydroxylation is 1. The first-order valence-corrected chi connectivity index (χ1v) is 8.90. The molecule has 4 rings (SSSR count). The average Bonchev–Trinajstić information content (AvgIpc) is 3.17. The van der Waals surface area contributed by atoms with Gasteiger partial charge in [0.2, 0.25) is 0 Å². The number of aromatic nitrogens is 3. The highest BCUT2D eigenvalue weighted by Crippen LogP contribution is 2.29. The summed E-state index contributed by atoms with van der Waals surface area (Å²) in [5, 5.41) is 7.11. The van der Waals surface area contributed by atoms with Gasteiger partial charge in [-0.1, -0.05) is 0 Å². The van der Waals surface area contributed by atoms with Gasteiger partial charge < -0.3 is 9.64 Å². The first-order valence-electron chi connectivity index (χ1n) is 8.03. The Balaban J connectivity index is 1.53. The number of thiazole rings is 1. The van der Waals surface area contributed by atoms with Gasteiger partial charge in [0, 0.05) is 24.7 Å². The number of hydrogen-bond donors (Lipinski definition) is 0. The molecule has 0 N–H and O–H groups in total. The second-order valence-electron chi connectivity index (χ2n) is 6.34. The number of ether oxygens (including phenoxy) is 1. The first kappa shape index (κ1) is 14.8. The van der Waals surface area contributed by atoms with Crippen molar-refractivity contribution in [3.63, 3.8) is 0 Å². The maximum Gasteiger partial charge on any atom is 0.273 e. The summed E-state index contributed by atoms with van der Waals surface area (Å²) in [5.74, 6) is 0.685. The summed E-state index contributed by atoms with van der Waals surface area (Å²) in [6.07, 6.45) is 4.30. The number of rotatable bonds is 4. The monoisotopic (exact) mass is 332 g/mol. The smallest absolute Gasteiger partial charge is 0.273 e. The van der Waals surface area contributed by atoms with Gasteiger partial charge in [0.05, 0.1) is 29.9 Å². The average molecular weight is 332 g/mol. The van der Waals surface area contributed by atoms with E-state index in [-0.39, 0.29) is 12.0 Å². The minimum atomic E-state index is -0.0241. The van der Waals surface area contributed by atoms with Gasteiger partial charge in [0.25, 0.3) is 5.91 Å². The molecule has 1 aliphatic carbocycles. The van der Waals surface area contributed by atoms with Crippen molar-refractivity contribution in [2.45, 2.75) is 39.0 Å². The SMILES string of the molecule is Cc1nc(C(=O)N2Cc3ccnn3C[C@H](OCC3CC3)C2)cs1. The van der Waals surface area contributed by atoms with E-state index >= 15 is 0 Å². The van der Waals surface area contributed by atoms with Crippen LogP contribution in [0.15, 0.2) is 17.6 Å². The molecule has 0 spiro atoms. The van der Waals surface area contributed by atoms with Gasteiger partial charge in [-0.25, -0.2) is 4.98 Å². The summed E-state index contributed by atoms with van der Waals surface area (Å²) in [4.78, 5) is 19.0. The second-order valence-corrected chi connectivity index (χ2v) is 7.40. The van der Waals surface area contributed by atoms with Crippen molar-refractivity contribution in [3.8, 4) is 0 Å².